The molecule has 2 aromatic carbocycles. The Hall–Kier alpha value is -2.04. The zero-order valence-electron chi connectivity index (χ0n) is 21.9. The zero-order valence-corrected chi connectivity index (χ0v) is 21.9. The van der Waals surface area contributed by atoms with Crippen molar-refractivity contribution in [2.45, 2.75) is 79.1 Å². The quantitative estimate of drug-likeness (QED) is 0.215. The Bertz CT molecular complexity index is 973. The molecule has 0 aromatic heterocycles. The predicted molar refractivity (Wildman–Crippen MR) is 143 cm³/mol. The van der Waals surface area contributed by atoms with Crippen LogP contribution in [0, 0.1) is 0 Å². The van der Waals surface area contributed by atoms with Crippen LogP contribution in [0.2, 0.25) is 0 Å². The van der Waals surface area contributed by atoms with E-state index in [0.29, 0.717) is 12.8 Å². The topological polar surface area (TPSA) is 40.6 Å². The van der Waals surface area contributed by atoms with Gasteiger partial charge in [0.15, 0.2) is 11.6 Å². The number of carbonyl (C=O) groups excluding carboxylic acids is 2. The monoisotopic (exact) mass is 464 g/mol. The van der Waals surface area contributed by atoms with Gasteiger partial charge < -0.3 is 9.80 Å². The summed E-state index contributed by atoms with van der Waals surface area (Å²) in [6, 6.07) is 8.19. The van der Waals surface area contributed by atoms with Crippen molar-refractivity contribution in [3.8, 4) is 0 Å². The fourth-order valence-corrected chi connectivity index (χ4v) is 5.42. The number of unbranched alkanes of at least 4 members (excludes halogenated alkanes) is 2. The van der Waals surface area contributed by atoms with E-state index in [1.54, 1.807) is 0 Å². The lowest BCUT2D eigenvalue weighted by Crippen LogP contribution is -2.24. The third kappa shape index (κ3) is 6.34. The number of carbonyl (C=O) groups is 2. The maximum Gasteiger partial charge on any atom is 0.163 e. The molecule has 3 rings (SSSR count). The van der Waals surface area contributed by atoms with E-state index in [9.17, 15) is 9.59 Å². The summed E-state index contributed by atoms with van der Waals surface area (Å²) in [4.78, 5) is 31.0. The number of hydrogen-bond acceptors (Lipinski definition) is 4. The first-order valence-corrected chi connectivity index (χ1v) is 13.6. The summed E-state index contributed by atoms with van der Waals surface area (Å²) in [7, 11) is 0. The Morgan fingerprint density at radius 2 is 1.21 bits per heavy atom. The second-order valence-electron chi connectivity index (χ2n) is 9.60. The highest BCUT2D eigenvalue weighted by Gasteiger charge is 2.23. The average Bonchev–Trinajstić information content (AvgIpc) is 3.29. The summed E-state index contributed by atoms with van der Waals surface area (Å²) in [6.45, 7) is 15.1. The van der Waals surface area contributed by atoms with Crippen molar-refractivity contribution >= 4 is 22.3 Å². The molecule has 0 N–H and O–H groups in total. The van der Waals surface area contributed by atoms with E-state index in [-0.39, 0.29) is 11.6 Å². The van der Waals surface area contributed by atoms with Gasteiger partial charge >= 0.3 is 0 Å². The molecule has 1 aliphatic carbocycles. The molecular weight excluding hydrogens is 420 g/mol. The molecule has 0 heterocycles. The second kappa shape index (κ2) is 13.2. The average molecular weight is 465 g/mol. The summed E-state index contributed by atoms with van der Waals surface area (Å²) < 4.78 is 0. The van der Waals surface area contributed by atoms with E-state index in [1.807, 2.05) is 18.2 Å². The maximum atomic E-state index is 13.1. The Labute approximate surface area is 206 Å². The Morgan fingerprint density at radius 1 is 0.676 bits per heavy atom. The molecule has 0 aliphatic heterocycles. The van der Waals surface area contributed by atoms with Gasteiger partial charge in [0.2, 0.25) is 0 Å². The number of ketones is 2. The first-order valence-electron chi connectivity index (χ1n) is 13.6. The molecule has 0 saturated heterocycles. The zero-order chi connectivity index (χ0) is 24.5. The lowest BCUT2D eigenvalue weighted by molar-refractivity contribution is 0.0971. The van der Waals surface area contributed by atoms with Crippen LogP contribution in [0.4, 0.5) is 0 Å². The van der Waals surface area contributed by atoms with Crippen LogP contribution < -0.4 is 0 Å². The molecule has 186 valence electrons. The van der Waals surface area contributed by atoms with E-state index in [0.717, 1.165) is 94.3 Å². The molecule has 0 radical (unpaired) electrons. The molecular formula is C30H44N2O2. The van der Waals surface area contributed by atoms with Crippen LogP contribution in [0.25, 0.3) is 10.8 Å². The minimum atomic E-state index is 0.236. The van der Waals surface area contributed by atoms with E-state index >= 15 is 0 Å². The first kappa shape index (κ1) is 26.6. The van der Waals surface area contributed by atoms with E-state index in [1.165, 1.54) is 16.5 Å². The van der Waals surface area contributed by atoms with Gasteiger partial charge in [-0.2, -0.15) is 0 Å². The number of benzene rings is 2. The fourth-order valence-electron chi connectivity index (χ4n) is 5.42. The van der Waals surface area contributed by atoms with Gasteiger partial charge in [-0.25, -0.2) is 0 Å². The van der Waals surface area contributed by atoms with Crippen LogP contribution >= 0.6 is 0 Å². The summed E-state index contributed by atoms with van der Waals surface area (Å²) in [5.41, 5.74) is 4.19. The molecule has 0 amide bonds. The number of Topliss-reactive ketones (excluding diaryl/α,β-unsaturated/α-hetero) is 2. The van der Waals surface area contributed by atoms with Crippen LogP contribution in [-0.2, 0) is 12.8 Å². The van der Waals surface area contributed by atoms with Crippen LogP contribution in [-0.4, -0.2) is 60.6 Å². The van der Waals surface area contributed by atoms with Gasteiger partial charge in [-0.15, -0.1) is 0 Å². The Kier molecular flexibility index (Phi) is 10.3. The summed E-state index contributed by atoms with van der Waals surface area (Å²) in [6.07, 6.45) is 7.07. The number of rotatable bonds is 16. The van der Waals surface area contributed by atoms with Crippen LogP contribution in [0.5, 0.6) is 0 Å². The van der Waals surface area contributed by atoms with Crippen molar-refractivity contribution in [1.29, 1.82) is 0 Å². The molecule has 0 bridgehead atoms. The lowest BCUT2D eigenvalue weighted by Gasteiger charge is -2.17. The highest BCUT2D eigenvalue weighted by Crippen LogP contribution is 2.36. The molecule has 1 aliphatic rings. The molecule has 0 saturated carbocycles. The smallest absolute Gasteiger partial charge is 0.163 e. The van der Waals surface area contributed by atoms with Crippen LogP contribution in [0.3, 0.4) is 0 Å². The summed E-state index contributed by atoms with van der Waals surface area (Å²) in [5, 5.41) is 2.24. The fraction of sp³-hybridized carbons (Fsp3) is 0.600. The lowest BCUT2D eigenvalue weighted by atomic mass is 9.91. The van der Waals surface area contributed by atoms with Crippen molar-refractivity contribution in [2.24, 2.45) is 0 Å². The van der Waals surface area contributed by atoms with Gasteiger partial charge in [0, 0.05) is 24.0 Å². The van der Waals surface area contributed by atoms with Crippen molar-refractivity contribution in [1.82, 2.24) is 9.80 Å². The van der Waals surface area contributed by atoms with E-state index < -0.39 is 0 Å². The summed E-state index contributed by atoms with van der Waals surface area (Å²) >= 11 is 0. The second-order valence-corrected chi connectivity index (χ2v) is 9.60. The minimum absolute atomic E-state index is 0.236. The predicted octanol–water partition coefficient (Wildman–Crippen LogP) is 6.33. The highest BCUT2D eigenvalue weighted by molar-refractivity contribution is 6.12. The molecule has 2 aromatic rings. The van der Waals surface area contributed by atoms with Gasteiger partial charge in [0.05, 0.1) is 0 Å². The SMILES string of the molecule is CCN(CC)CCCCC(=O)c1ccc2c(C(=O)CCCCN(CC)CC)ccc3c2c1CC3. The molecule has 4 heteroatoms. The first-order chi connectivity index (χ1) is 16.5. The van der Waals surface area contributed by atoms with Crippen LogP contribution in [0.15, 0.2) is 24.3 Å². The largest absolute Gasteiger partial charge is 0.304 e. The molecule has 0 fully saturated rings. The molecule has 0 unspecified atom stereocenters. The third-order valence-corrected chi connectivity index (χ3v) is 7.67. The maximum absolute atomic E-state index is 13.1. The third-order valence-electron chi connectivity index (χ3n) is 7.67. The molecule has 4 nitrogen and oxygen atoms in total. The van der Waals surface area contributed by atoms with Gasteiger partial charge in [-0.05, 0) is 99.7 Å². The van der Waals surface area contributed by atoms with Crippen molar-refractivity contribution in [2.75, 3.05) is 39.3 Å². The van der Waals surface area contributed by atoms with Gasteiger partial charge in [0.25, 0.3) is 0 Å². The molecule has 0 atom stereocenters. The number of nitrogens with zero attached hydrogens (tertiary/aromatic N) is 2. The minimum Gasteiger partial charge on any atom is -0.304 e. The van der Waals surface area contributed by atoms with Crippen molar-refractivity contribution < 1.29 is 9.59 Å². The van der Waals surface area contributed by atoms with Crippen molar-refractivity contribution in [3.63, 3.8) is 0 Å². The normalized spacial score (nSPS) is 12.9. The van der Waals surface area contributed by atoms with Gasteiger partial charge in [-0.1, -0.05) is 52.0 Å². The number of hydrogen-bond donors (Lipinski definition) is 0. The molecule has 34 heavy (non-hydrogen) atoms. The molecule has 0 spiro atoms. The van der Waals surface area contributed by atoms with Crippen molar-refractivity contribution in [3.05, 3.63) is 46.5 Å². The van der Waals surface area contributed by atoms with E-state index in [4.69, 9.17) is 0 Å². The Balaban J connectivity index is 1.67. The standard InChI is InChI=1S/C30H44N2O2/c1-5-31(6-2)21-11-9-13-28(33)24-17-15-23-16-18-26-25(19-20-27(24)30(23)26)29(34)14-10-12-22-32(7-3)8-4/h15,17,19-20H,5-14,16,18,21-22H2,1-4H3. The highest BCUT2D eigenvalue weighted by atomic mass is 16.1. The van der Waals surface area contributed by atoms with Gasteiger partial charge in [-0.3, -0.25) is 9.59 Å². The number of aryl methyl sites for hydroxylation is 2. The summed E-state index contributed by atoms with van der Waals surface area (Å²) in [5.74, 6) is 0.497. The van der Waals surface area contributed by atoms with Crippen LogP contribution in [0.1, 0.15) is 98.1 Å². The van der Waals surface area contributed by atoms with E-state index in [2.05, 4.69) is 43.6 Å². The Morgan fingerprint density at radius 3 is 1.76 bits per heavy atom. The van der Waals surface area contributed by atoms with Gasteiger partial charge in [0.1, 0.15) is 0 Å².